The van der Waals surface area contributed by atoms with Crippen molar-refractivity contribution in [3.63, 3.8) is 0 Å². The second-order valence-electron chi connectivity index (χ2n) is 4.75. The van der Waals surface area contributed by atoms with Gasteiger partial charge in [0.25, 0.3) is 0 Å². The van der Waals surface area contributed by atoms with Crippen LogP contribution in [0.25, 0.3) is 0 Å². The zero-order chi connectivity index (χ0) is 10.7. The van der Waals surface area contributed by atoms with Gasteiger partial charge < -0.3 is 10.0 Å². The van der Waals surface area contributed by atoms with Crippen LogP contribution in [0.1, 0.15) is 27.2 Å². The molecule has 0 aliphatic carbocycles. The maximum absolute atomic E-state index is 9.37. The Labute approximate surface area is 87.7 Å². The Morgan fingerprint density at radius 2 is 2.07 bits per heavy atom. The minimum atomic E-state index is 0.273. The van der Waals surface area contributed by atoms with Crippen LogP contribution in [0, 0.1) is 0 Å². The second kappa shape index (κ2) is 5.10. The summed E-state index contributed by atoms with van der Waals surface area (Å²) in [5, 5.41) is 9.37. The van der Waals surface area contributed by atoms with E-state index < -0.39 is 0 Å². The molecule has 1 rings (SSSR count). The molecule has 14 heavy (non-hydrogen) atoms. The first-order valence-electron chi connectivity index (χ1n) is 5.63. The van der Waals surface area contributed by atoms with Crippen molar-refractivity contribution in [1.82, 2.24) is 9.80 Å². The SMILES string of the molecule is CC1CCN(C(C)C)C(CO)CN1C. The van der Waals surface area contributed by atoms with Gasteiger partial charge in [-0.3, -0.25) is 4.90 Å². The molecule has 0 aromatic carbocycles. The van der Waals surface area contributed by atoms with Gasteiger partial charge in [0.1, 0.15) is 0 Å². The molecule has 0 amide bonds. The molecule has 84 valence electrons. The van der Waals surface area contributed by atoms with Crippen LogP contribution in [0.5, 0.6) is 0 Å². The summed E-state index contributed by atoms with van der Waals surface area (Å²) in [6.07, 6.45) is 1.20. The van der Waals surface area contributed by atoms with Gasteiger partial charge in [-0.2, -0.15) is 0 Å². The monoisotopic (exact) mass is 200 g/mol. The number of rotatable bonds is 2. The van der Waals surface area contributed by atoms with Gasteiger partial charge in [0.05, 0.1) is 6.61 Å². The Kier molecular flexibility index (Phi) is 4.35. The molecule has 1 heterocycles. The van der Waals surface area contributed by atoms with E-state index in [4.69, 9.17) is 0 Å². The number of nitrogens with zero attached hydrogens (tertiary/aromatic N) is 2. The van der Waals surface area contributed by atoms with Gasteiger partial charge in [0.2, 0.25) is 0 Å². The van der Waals surface area contributed by atoms with E-state index in [9.17, 15) is 5.11 Å². The highest BCUT2D eigenvalue weighted by atomic mass is 16.3. The van der Waals surface area contributed by atoms with Crippen molar-refractivity contribution in [2.75, 3.05) is 26.7 Å². The zero-order valence-electron chi connectivity index (χ0n) is 9.90. The quantitative estimate of drug-likeness (QED) is 0.713. The smallest absolute Gasteiger partial charge is 0.0599 e. The Bertz CT molecular complexity index is 173. The van der Waals surface area contributed by atoms with Crippen molar-refractivity contribution in [3.05, 3.63) is 0 Å². The predicted molar refractivity (Wildman–Crippen MR) is 59.4 cm³/mol. The van der Waals surface area contributed by atoms with Crippen molar-refractivity contribution in [1.29, 1.82) is 0 Å². The zero-order valence-corrected chi connectivity index (χ0v) is 9.90. The van der Waals surface area contributed by atoms with Gasteiger partial charge in [0.15, 0.2) is 0 Å². The van der Waals surface area contributed by atoms with Crippen LogP contribution in [0.4, 0.5) is 0 Å². The van der Waals surface area contributed by atoms with Crippen LogP contribution in [-0.2, 0) is 0 Å². The van der Waals surface area contributed by atoms with Gasteiger partial charge in [0, 0.05) is 31.2 Å². The Hall–Kier alpha value is -0.120. The third-order valence-electron chi connectivity index (χ3n) is 3.40. The molecule has 1 fully saturated rings. The Balaban J connectivity index is 2.66. The number of aliphatic hydroxyl groups excluding tert-OH is 1. The van der Waals surface area contributed by atoms with Crippen LogP contribution in [-0.4, -0.2) is 59.8 Å². The molecule has 0 aromatic rings. The minimum absolute atomic E-state index is 0.273. The molecular weight excluding hydrogens is 176 g/mol. The van der Waals surface area contributed by atoms with E-state index in [2.05, 4.69) is 37.6 Å². The van der Waals surface area contributed by atoms with Crippen molar-refractivity contribution < 1.29 is 5.11 Å². The summed E-state index contributed by atoms with van der Waals surface area (Å²) in [5.74, 6) is 0. The highest BCUT2D eigenvalue weighted by Crippen LogP contribution is 2.15. The summed E-state index contributed by atoms with van der Waals surface area (Å²) in [6.45, 7) is 9.04. The Morgan fingerprint density at radius 3 is 2.57 bits per heavy atom. The maximum Gasteiger partial charge on any atom is 0.0599 e. The first kappa shape index (κ1) is 12.0. The van der Waals surface area contributed by atoms with E-state index >= 15 is 0 Å². The number of hydrogen-bond acceptors (Lipinski definition) is 3. The second-order valence-corrected chi connectivity index (χ2v) is 4.75. The molecule has 1 aliphatic heterocycles. The summed E-state index contributed by atoms with van der Waals surface area (Å²) < 4.78 is 0. The molecule has 0 spiro atoms. The molecule has 0 saturated carbocycles. The van der Waals surface area contributed by atoms with E-state index in [1.54, 1.807) is 0 Å². The fraction of sp³-hybridized carbons (Fsp3) is 1.00. The van der Waals surface area contributed by atoms with E-state index in [0.29, 0.717) is 18.1 Å². The van der Waals surface area contributed by atoms with Gasteiger partial charge in [-0.25, -0.2) is 0 Å². The lowest BCUT2D eigenvalue weighted by Crippen LogP contribution is -2.46. The molecule has 3 nitrogen and oxygen atoms in total. The lowest BCUT2D eigenvalue weighted by atomic mass is 10.2. The van der Waals surface area contributed by atoms with E-state index in [1.807, 2.05) is 0 Å². The van der Waals surface area contributed by atoms with Crippen molar-refractivity contribution in [2.45, 2.75) is 45.3 Å². The topological polar surface area (TPSA) is 26.7 Å². The van der Waals surface area contributed by atoms with E-state index in [0.717, 1.165) is 13.1 Å². The summed E-state index contributed by atoms with van der Waals surface area (Å²) in [7, 11) is 2.15. The van der Waals surface area contributed by atoms with Crippen molar-refractivity contribution in [3.8, 4) is 0 Å². The third-order valence-corrected chi connectivity index (χ3v) is 3.40. The van der Waals surface area contributed by atoms with Crippen molar-refractivity contribution >= 4 is 0 Å². The number of hydrogen-bond donors (Lipinski definition) is 1. The average Bonchev–Trinajstić information content (AvgIpc) is 2.27. The fourth-order valence-corrected chi connectivity index (χ4v) is 2.20. The van der Waals surface area contributed by atoms with E-state index in [-0.39, 0.29) is 6.61 Å². The van der Waals surface area contributed by atoms with Gasteiger partial charge >= 0.3 is 0 Å². The van der Waals surface area contributed by atoms with Crippen molar-refractivity contribution in [2.24, 2.45) is 0 Å². The predicted octanol–water partition coefficient (Wildman–Crippen LogP) is 0.782. The molecule has 3 heteroatoms. The molecule has 0 bridgehead atoms. The third kappa shape index (κ3) is 2.69. The lowest BCUT2D eigenvalue weighted by molar-refractivity contribution is 0.0912. The normalized spacial score (nSPS) is 32.1. The van der Waals surface area contributed by atoms with Gasteiger partial charge in [-0.1, -0.05) is 0 Å². The Morgan fingerprint density at radius 1 is 1.43 bits per heavy atom. The van der Waals surface area contributed by atoms with Crippen LogP contribution in [0.2, 0.25) is 0 Å². The largest absolute Gasteiger partial charge is 0.395 e. The van der Waals surface area contributed by atoms with Crippen LogP contribution in [0.15, 0.2) is 0 Å². The summed E-state index contributed by atoms with van der Waals surface area (Å²) in [6, 6.07) is 1.48. The minimum Gasteiger partial charge on any atom is -0.395 e. The molecule has 1 aliphatic rings. The summed E-state index contributed by atoms with van der Waals surface area (Å²) in [5.41, 5.74) is 0. The summed E-state index contributed by atoms with van der Waals surface area (Å²) in [4.78, 5) is 4.77. The molecule has 0 radical (unpaired) electrons. The number of aliphatic hydroxyl groups is 1. The highest BCUT2D eigenvalue weighted by Gasteiger charge is 2.27. The van der Waals surface area contributed by atoms with Gasteiger partial charge in [-0.15, -0.1) is 0 Å². The fourth-order valence-electron chi connectivity index (χ4n) is 2.20. The van der Waals surface area contributed by atoms with Crippen LogP contribution < -0.4 is 0 Å². The standard InChI is InChI=1S/C11H24N2O/c1-9(2)13-6-5-10(3)12(4)7-11(13)8-14/h9-11,14H,5-8H2,1-4H3. The lowest BCUT2D eigenvalue weighted by Gasteiger charge is -2.32. The molecule has 2 atom stereocenters. The first-order chi connectivity index (χ1) is 6.56. The molecule has 1 N–H and O–H groups in total. The van der Waals surface area contributed by atoms with Gasteiger partial charge in [-0.05, 0) is 34.2 Å². The van der Waals surface area contributed by atoms with Crippen LogP contribution >= 0.6 is 0 Å². The maximum atomic E-state index is 9.37. The molecule has 1 saturated heterocycles. The molecule has 0 aromatic heterocycles. The van der Waals surface area contributed by atoms with E-state index in [1.165, 1.54) is 6.42 Å². The first-order valence-corrected chi connectivity index (χ1v) is 5.63. The van der Waals surface area contributed by atoms with Crippen LogP contribution in [0.3, 0.4) is 0 Å². The average molecular weight is 200 g/mol. The molecule has 2 unspecified atom stereocenters. The summed E-state index contributed by atoms with van der Waals surface area (Å²) >= 11 is 0. The molecular formula is C11H24N2O. The highest BCUT2D eigenvalue weighted by molar-refractivity contribution is 4.83. The number of likely N-dealkylation sites (N-methyl/N-ethyl adjacent to an activating group) is 1.